The Balaban J connectivity index is 1.65. The van der Waals surface area contributed by atoms with Crippen molar-refractivity contribution < 1.29 is 14.3 Å². The molecule has 0 bridgehead atoms. The van der Waals surface area contributed by atoms with Crippen molar-refractivity contribution in [3.8, 4) is 11.5 Å². The number of carbonyl (C=O) groups is 1. The SMILES string of the molecule is C[C@@H](Oc1cccc(Cl)c1)C(=O)N/N=C1/CCOc2ccccc21. The second-order valence-electron chi connectivity index (χ2n) is 5.35. The van der Waals surface area contributed by atoms with Crippen molar-refractivity contribution in [1.29, 1.82) is 0 Å². The van der Waals surface area contributed by atoms with E-state index in [1.165, 1.54) is 0 Å². The van der Waals surface area contributed by atoms with Crippen molar-refractivity contribution in [3.05, 3.63) is 59.1 Å². The minimum atomic E-state index is -0.692. The highest BCUT2D eigenvalue weighted by Gasteiger charge is 2.18. The Hall–Kier alpha value is -2.53. The molecule has 1 amide bonds. The van der Waals surface area contributed by atoms with E-state index in [-0.39, 0.29) is 5.91 Å². The first-order valence-electron chi connectivity index (χ1n) is 7.64. The van der Waals surface area contributed by atoms with E-state index in [9.17, 15) is 4.79 Å². The first kappa shape index (κ1) is 16.3. The quantitative estimate of drug-likeness (QED) is 0.865. The molecular formula is C18H17ClN2O3. The summed E-state index contributed by atoms with van der Waals surface area (Å²) >= 11 is 5.90. The van der Waals surface area contributed by atoms with Gasteiger partial charge in [0, 0.05) is 17.0 Å². The van der Waals surface area contributed by atoms with Gasteiger partial charge in [-0.1, -0.05) is 29.8 Å². The molecule has 3 rings (SSSR count). The van der Waals surface area contributed by atoms with Crippen LogP contribution in [0, 0.1) is 0 Å². The Kier molecular flexibility index (Phi) is 5.01. The van der Waals surface area contributed by atoms with Crippen LogP contribution in [0.1, 0.15) is 18.9 Å². The third-order valence-corrected chi connectivity index (χ3v) is 3.81. The summed E-state index contributed by atoms with van der Waals surface area (Å²) in [5.41, 5.74) is 4.25. The molecule has 0 fully saturated rings. The molecule has 1 heterocycles. The zero-order valence-electron chi connectivity index (χ0n) is 13.2. The van der Waals surface area contributed by atoms with E-state index in [4.69, 9.17) is 21.1 Å². The number of fused-ring (bicyclic) bond motifs is 1. The molecule has 0 radical (unpaired) electrons. The summed E-state index contributed by atoms with van der Waals surface area (Å²) in [6.45, 7) is 2.20. The van der Waals surface area contributed by atoms with Gasteiger partial charge in [0.05, 0.1) is 12.3 Å². The molecule has 0 aromatic heterocycles. The van der Waals surface area contributed by atoms with Crippen LogP contribution in [0.25, 0.3) is 0 Å². The second kappa shape index (κ2) is 7.36. The van der Waals surface area contributed by atoms with Crippen LogP contribution < -0.4 is 14.9 Å². The van der Waals surface area contributed by atoms with E-state index in [1.54, 1.807) is 31.2 Å². The Morgan fingerprint density at radius 3 is 2.96 bits per heavy atom. The Bertz CT molecular complexity index is 776. The fourth-order valence-electron chi connectivity index (χ4n) is 2.35. The number of nitrogens with zero attached hydrogens (tertiary/aromatic N) is 1. The van der Waals surface area contributed by atoms with Crippen molar-refractivity contribution >= 4 is 23.2 Å². The van der Waals surface area contributed by atoms with Crippen LogP contribution in [0.15, 0.2) is 53.6 Å². The lowest BCUT2D eigenvalue weighted by atomic mass is 10.0. The number of hydrogen-bond donors (Lipinski definition) is 1. The third kappa shape index (κ3) is 3.86. The van der Waals surface area contributed by atoms with Gasteiger partial charge in [0.15, 0.2) is 6.10 Å². The monoisotopic (exact) mass is 344 g/mol. The van der Waals surface area contributed by atoms with Crippen LogP contribution in [0.4, 0.5) is 0 Å². The van der Waals surface area contributed by atoms with Crippen molar-refractivity contribution in [2.24, 2.45) is 5.10 Å². The van der Waals surface area contributed by atoms with Gasteiger partial charge in [-0.15, -0.1) is 0 Å². The number of halogens is 1. The predicted molar refractivity (Wildman–Crippen MR) is 92.8 cm³/mol. The van der Waals surface area contributed by atoms with Crippen molar-refractivity contribution in [2.45, 2.75) is 19.4 Å². The number of nitrogens with one attached hydrogen (secondary N) is 1. The van der Waals surface area contributed by atoms with E-state index < -0.39 is 6.10 Å². The number of hydrogen-bond acceptors (Lipinski definition) is 4. The first-order valence-corrected chi connectivity index (χ1v) is 8.02. The lowest BCUT2D eigenvalue weighted by Gasteiger charge is -2.19. The standard InChI is InChI=1S/C18H17ClN2O3/c1-12(24-14-6-4-5-13(19)11-14)18(22)21-20-16-9-10-23-17-8-3-2-7-15(16)17/h2-8,11-12H,9-10H2,1H3,(H,21,22)/b20-16-/t12-/m1/s1. The van der Waals surface area contributed by atoms with Gasteiger partial charge in [-0.3, -0.25) is 4.79 Å². The van der Waals surface area contributed by atoms with Crippen LogP contribution in [-0.4, -0.2) is 24.3 Å². The van der Waals surface area contributed by atoms with Crippen LogP contribution in [0.3, 0.4) is 0 Å². The fraction of sp³-hybridized carbons (Fsp3) is 0.222. The third-order valence-electron chi connectivity index (χ3n) is 3.57. The Morgan fingerprint density at radius 2 is 2.12 bits per heavy atom. The van der Waals surface area contributed by atoms with Gasteiger partial charge in [-0.2, -0.15) is 5.10 Å². The number of rotatable bonds is 4. The molecule has 0 spiro atoms. The minimum Gasteiger partial charge on any atom is -0.492 e. The van der Waals surface area contributed by atoms with Crippen LogP contribution in [0.5, 0.6) is 11.5 Å². The zero-order chi connectivity index (χ0) is 16.9. The lowest BCUT2D eigenvalue weighted by Crippen LogP contribution is -2.34. The van der Waals surface area contributed by atoms with Crippen molar-refractivity contribution in [1.82, 2.24) is 5.43 Å². The van der Waals surface area contributed by atoms with Gasteiger partial charge in [-0.05, 0) is 37.3 Å². The van der Waals surface area contributed by atoms with E-state index in [0.29, 0.717) is 23.8 Å². The topological polar surface area (TPSA) is 59.9 Å². The zero-order valence-corrected chi connectivity index (χ0v) is 13.9. The molecule has 1 aliphatic heterocycles. The molecule has 0 saturated carbocycles. The highest BCUT2D eigenvalue weighted by molar-refractivity contribution is 6.30. The summed E-state index contributed by atoms with van der Waals surface area (Å²) in [7, 11) is 0. The molecule has 0 unspecified atom stereocenters. The summed E-state index contributed by atoms with van der Waals surface area (Å²) in [4.78, 5) is 12.2. The number of carbonyl (C=O) groups excluding carboxylic acids is 1. The van der Waals surface area contributed by atoms with E-state index in [0.717, 1.165) is 17.0 Å². The van der Waals surface area contributed by atoms with E-state index in [2.05, 4.69) is 10.5 Å². The van der Waals surface area contributed by atoms with Gasteiger partial charge in [-0.25, -0.2) is 5.43 Å². The summed E-state index contributed by atoms with van der Waals surface area (Å²) in [5, 5.41) is 4.79. The number of benzene rings is 2. The fourth-order valence-corrected chi connectivity index (χ4v) is 2.53. The predicted octanol–water partition coefficient (Wildman–Crippen LogP) is 3.41. The maximum Gasteiger partial charge on any atom is 0.280 e. The molecule has 1 aliphatic rings. The molecule has 0 aliphatic carbocycles. The molecule has 1 atom stereocenters. The van der Waals surface area contributed by atoms with Crippen LogP contribution >= 0.6 is 11.6 Å². The smallest absolute Gasteiger partial charge is 0.280 e. The molecule has 0 saturated heterocycles. The summed E-state index contributed by atoms with van der Waals surface area (Å²) in [6, 6.07) is 14.5. The van der Waals surface area contributed by atoms with Gasteiger partial charge >= 0.3 is 0 Å². The average Bonchev–Trinajstić information content (AvgIpc) is 2.59. The number of ether oxygens (including phenoxy) is 2. The normalized spacial score (nSPS) is 16.0. The average molecular weight is 345 g/mol. The van der Waals surface area contributed by atoms with E-state index in [1.807, 2.05) is 24.3 Å². The minimum absolute atomic E-state index is 0.327. The van der Waals surface area contributed by atoms with Crippen molar-refractivity contribution in [2.75, 3.05) is 6.61 Å². The van der Waals surface area contributed by atoms with Gasteiger partial charge < -0.3 is 9.47 Å². The number of amides is 1. The Labute approximate surface area is 145 Å². The number of hydrazone groups is 1. The lowest BCUT2D eigenvalue weighted by molar-refractivity contribution is -0.127. The van der Waals surface area contributed by atoms with Gasteiger partial charge in [0.2, 0.25) is 0 Å². The maximum absolute atomic E-state index is 12.2. The molecule has 6 heteroatoms. The van der Waals surface area contributed by atoms with Crippen LogP contribution in [-0.2, 0) is 4.79 Å². The molecule has 24 heavy (non-hydrogen) atoms. The molecule has 124 valence electrons. The van der Waals surface area contributed by atoms with Crippen molar-refractivity contribution in [3.63, 3.8) is 0 Å². The molecule has 5 nitrogen and oxygen atoms in total. The second-order valence-corrected chi connectivity index (χ2v) is 5.78. The maximum atomic E-state index is 12.2. The van der Waals surface area contributed by atoms with Gasteiger partial charge in [0.1, 0.15) is 11.5 Å². The molecule has 1 N–H and O–H groups in total. The van der Waals surface area contributed by atoms with Gasteiger partial charge in [0.25, 0.3) is 5.91 Å². The van der Waals surface area contributed by atoms with E-state index >= 15 is 0 Å². The first-order chi connectivity index (χ1) is 11.6. The Morgan fingerprint density at radius 1 is 1.29 bits per heavy atom. The number of para-hydroxylation sites is 1. The largest absolute Gasteiger partial charge is 0.492 e. The highest BCUT2D eigenvalue weighted by Crippen LogP contribution is 2.24. The summed E-state index contributed by atoms with van der Waals surface area (Å²) in [6.07, 6.45) is -0.0521. The summed E-state index contributed by atoms with van der Waals surface area (Å²) < 4.78 is 11.1. The summed E-state index contributed by atoms with van der Waals surface area (Å²) in [5.74, 6) is 0.987. The highest BCUT2D eigenvalue weighted by atomic mass is 35.5. The molecule has 2 aromatic rings. The van der Waals surface area contributed by atoms with Crippen LogP contribution in [0.2, 0.25) is 5.02 Å². The molecule has 2 aromatic carbocycles. The molecular weight excluding hydrogens is 328 g/mol.